The molecule has 0 saturated heterocycles. The van der Waals surface area contributed by atoms with E-state index in [1.54, 1.807) is 12.1 Å². The minimum Gasteiger partial charge on any atom is -0.330 e. The van der Waals surface area contributed by atoms with Crippen LogP contribution in [0.15, 0.2) is 42.5 Å². The number of nitrogens with zero attached hydrogens (tertiary/aromatic N) is 2. The molecule has 26 heavy (non-hydrogen) atoms. The highest BCUT2D eigenvalue weighted by Gasteiger charge is 2.42. The Balaban J connectivity index is 2.14. The quantitative estimate of drug-likeness (QED) is 0.702. The third-order valence-electron chi connectivity index (χ3n) is 4.55. The molecule has 2 aromatic rings. The fourth-order valence-electron chi connectivity index (χ4n) is 3.21. The molecule has 0 saturated carbocycles. The Bertz CT molecular complexity index is 771. The topological polar surface area (TPSA) is 73.0 Å². The van der Waals surface area contributed by atoms with Crippen LogP contribution in [0.25, 0.3) is 0 Å². The van der Waals surface area contributed by atoms with Crippen molar-refractivity contribution in [2.24, 2.45) is 5.73 Å². The van der Waals surface area contributed by atoms with Crippen LogP contribution in [0, 0.1) is 11.6 Å². The Kier molecular flexibility index (Phi) is 5.50. The van der Waals surface area contributed by atoms with Gasteiger partial charge in [0.1, 0.15) is 5.69 Å². The van der Waals surface area contributed by atoms with E-state index >= 15 is 0 Å². The lowest BCUT2D eigenvalue weighted by Crippen LogP contribution is -2.46. The lowest BCUT2D eigenvalue weighted by atomic mass is 10.1. The van der Waals surface area contributed by atoms with Crippen LogP contribution in [0.3, 0.4) is 0 Å². The largest absolute Gasteiger partial charge is 0.330 e. The molecule has 1 aliphatic rings. The molecule has 3 rings (SSSR count). The molecule has 1 atom stereocenters. The Morgan fingerprint density at radius 1 is 1.12 bits per heavy atom. The first kappa shape index (κ1) is 19.1. The Morgan fingerprint density at radius 2 is 1.77 bits per heavy atom. The highest BCUT2D eigenvalue weighted by Crippen LogP contribution is 2.60. The van der Waals surface area contributed by atoms with Gasteiger partial charge in [-0.15, -0.1) is 0 Å². The van der Waals surface area contributed by atoms with E-state index in [0.29, 0.717) is 25.1 Å². The van der Waals surface area contributed by atoms with Crippen LogP contribution in [0.4, 0.5) is 20.2 Å². The van der Waals surface area contributed by atoms with Gasteiger partial charge in [0.05, 0.1) is 5.69 Å². The molecular weight excluding hydrogens is 360 g/mol. The molecule has 4 N–H and O–H groups in total. The zero-order chi connectivity index (χ0) is 18.9. The fraction of sp³-hybridized carbons (Fsp3) is 0.333. The lowest BCUT2D eigenvalue weighted by molar-refractivity contribution is 0.269. The van der Waals surface area contributed by atoms with Gasteiger partial charge < -0.3 is 5.73 Å². The molecular formula is C18H23F2N3O2S. The first-order valence-electron chi connectivity index (χ1n) is 8.45. The first-order chi connectivity index (χ1) is 12.4. The summed E-state index contributed by atoms with van der Waals surface area (Å²) in [6.45, 7) is 2.62. The SMILES string of the molecule is CC(CCCN)N1Cc2ccccc2N(c2c(F)cccc2F)S1(O)O. The van der Waals surface area contributed by atoms with E-state index in [4.69, 9.17) is 5.73 Å². The van der Waals surface area contributed by atoms with E-state index < -0.39 is 28.3 Å². The minimum atomic E-state index is -3.66. The Labute approximate surface area is 153 Å². The summed E-state index contributed by atoms with van der Waals surface area (Å²) in [7, 11) is -3.66. The van der Waals surface area contributed by atoms with Gasteiger partial charge in [0.2, 0.25) is 0 Å². The Hall–Kier alpha value is -1.71. The van der Waals surface area contributed by atoms with Gasteiger partial charge in [0, 0.05) is 12.6 Å². The molecule has 1 unspecified atom stereocenters. The summed E-state index contributed by atoms with van der Waals surface area (Å²) in [6.07, 6.45) is 1.35. The highest BCUT2D eigenvalue weighted by atomic mass is 32.3. The fourth-order valence-corrected chi connectivity index (χ4v) is 5.19. The van der Waals surface area contributed by atoms with Gasteiger partial charge in [-0.05, 0) is 61.0 Å². The number of nitrogens with two attached hydrogens (primary N) is 1. The molecule has 2 aromatic carbocycles. The number of benzene rings is 2. The molecule has 142 valence electrons. The molecule has 1 aliphatic heterocycles. The predicted octanol–water partition coefficient (Wildman–Crippen LogP) is 4.63. The standard InChI is InChI=1S/C18H23F2N3O2S/c1-13(6-5-11-21)22-12-14-7-2-3-10-17(14)23(26(22,24)25)18-15(19)8-4-9-16(18)20/h2-4,7-10,13,24-25H,5-6,11-12,21H2,1H3. The third-order valence-corrected chi connectivity index (χ3v) is 6.54. The van der Waals surface area contributed by atoms with Gasteiger partial charge in [-0.3, -0.25) is 9.11 Å². The zero-order valence-corrected chi connectivity index (χ0v) is 15.3. The smallest absolute Gasteiger partial charge is 0.151 e. The predicted molar refractivity (Wildman–Crippen MR) is 101 cm³/mol. The summed E-state index contributed by atoms with van der Waals surface area (Å²) in [5.41, 5.74) is 6.25. The van der Waals surface area contributed by atoms with E-state index in [1.807, 2.05) is 19.1 Å². The monoisotopic (exact) mass is 383 g/mol. The summed E-state index contributed by atoms with van der Waals surface area (Å²) >= 11 is 0. The van der Waals surface area contributed by atoms with E-state index in [0.717, 1.165) is 22.0 Å². The molecule has 0 spiro atoms. The van der Waals surface area contributed by atoms with Crippen LogP contribution in [-0.2, 0) is 6.54 Å². The van der Waals surface area contributed by atoms with Crippen LogP contribution in [0.1, 0.15) is 25.3 Å². The van der Waals surface area contributed by atoms with Crippen molar-refractivity contribution in [2.75, 3.05) is 10.8 Å². The van der Waals surface area contributed by atoms with Gasteiger partial charge >= 0.3 is 0 Å². The van der Waals surface area contributed by atoms with E-state index in [-0.39, 0.29) is 12.6 Å². The molecule has 0 fully saturated rings. The van der Waals surface area contributed by atoms with Crippen molar-refractivity contribution in [3.8, 4) is 0 Å². The molecule has 0 aromatic heterocycles. The zero-order valence-electron chi connectivity index (χ0n) is 14.5. The number of rotatable bonds is 5. The lowest BCUT2D eigenvalue weighted by Gasteiger charge is -2.55. The molecule has 8 heteroatoms. The van der Waals surface area contributed by atoms with Crippen LogP contribution >= 0.6 is 11.0 Å². The number of hydrogen-bond acceptors (Lipinski definition) is 5. The van der Waals surface area contributed by atoms with Crippen molar-refractivity contribution in [3.63, 3.8) is 0 Å². The summed E-state index contributed by atoms with van der Waals surface area (Å²) in [5, 5.41) is 0. The van der Waals surface area contributed by atoms with Gasteiger partial charge in [0.25, 0.3) is 0 Å². The third kappa shape index (κ3) is 3.30. The van der Waals surface area contributed by atoms with Crippen molar-refractivity contribution in [3.05, 3.63) is 59.7 Å². The summed E-state index contributed by atoms with van der Waals surface area (Å²) in [5.74, 6) is -1.70. The maximum Gasteiger partial charge on any atom is 0.151 e. The molecule has 0 amide bonds. The number of hydrogen-bond donors (Lipinski definition) is 3. The normalized spacial score (nSPS) is 19.1. The van der Waals surface area contributed by atoms with Gasteiger partial charge in [-0.25, -0.2) is 13.1 Å². The van der Waals surface area contributed by atoms with Crippen LogP contribution in [0.5, 0.6) is 0 Å². The second-order valence-electron chi connectivity index (χ2n) is 6.34. The molecule has 0 radical (unpaired) electrons. The van der Waals surface area contributed by atoms with E-state index in [2.05, 4.69) is 0 Å². The van der Waals surface area contributed by atoms with Gasteiger partial charge in [0.15, 0.2) is 11.6 Å². The number of anilines is 2. The van der Waals surface area contributed by atoms with Crippen molar-refractivity contribution >= 4 is 22.3 Å². The second kappa shape index (κ2) is 7.50. The molecule has 1 heterocycles. The number of fused-ring (bicyclic) bond motifs is 1. The van der Waals surface area contributed by atoms with E-state index in [9.17, 15) is 17.9 Å². The minimum absolute atomic E-state index is 0.228. The van der Waals surface area contributed by atoms with Gasteiger partial charge in [-0.1, -0.05) is 24.3 Å². The maximum atomic E-state index is 14.5. The van der Waals surface area contributed by atoms with Crippen molar-refractivity contribution in [1.29, 1.82) is 0 Å². The van der Waals surface area contributed by atoms with Crippen LogP contribution < -0.4 is 10.0 Å². The number of para-hydroxylation sites is 2. The Morgan fingerprint density at radius 3 is 2.42 bits per heavy atom. The molecule has 0 aliphatic carbocycles. The summed E-state index contributed by atoms with van der Waals surface area (Å²) < 4.78 is 53.5. The van der Waals surface area contributed by atoms with Crippen molar-refractivity contribution in [2.45, 2.75) is 32.4 Å². The average molecular weight is 383 g/mol. The van der Waals surface area contributed by atoms with Crippen molar-refractivity contribution < 1.29 is 17.9 Å². The second-order valence-corrected chi connectivity index (χ2v) is 8.15. The maximum absolute atomic E-state index is 14.5. The van der Waals surface area contributed by atoms with Gasteiger partial charge in [-0.2, -0.15) is 4.31 Å². The summed E-state index contributed by atoms with van der Waals surface area (Å²) in [4.78, 5) is 0. The average Bonchev–Trinajstić information content (AvgIpc) is 2.60. The number of halogens is 2. The van der Waals surface area contributed by atoms with Crippen molar-refractivity contribution in [1.82, 2.24) is 4.31 Å². The summed E-state index contributed by atoms with van der Waals surface area (Å²) in [6, 6.07) is 10.2. The molecule has 5 nitrogen and oxygen atoms in total. The van der Waals surface area contributed by atoms with Crippen LogP contribution in [0.2, 0.25) is 0 Å². The highest BCUT2D eigenvalue weighted by molar-refractivity contribution is 8.23. The van der Waals surface area contributed by atoms with Crippen LogP contribution in [-0.4, -0.2) is 26.0 Å². The van der Waals surface area contributed by atoms with E-state index in [1.165, 1.54) is 10.4 Å². The molecule has 0 bridgehead atoms. The first-order valence-corrected chi connectivity index (χ1v) is 9.91.